The fourth-order valence-corrected chi connectivity index (χ4v) is 4.75. The Hall–Kier alpha value is -6.56. The Kier molecular flexibility index (Phi) is 13.9. The van der Waals surface area contributed by atoms with Gasteiger partial charge in [0.1, 0.15) is 0 Å². The topological polar surface area (TPSA) is 320 Å². The maximum atomic E-state index is 10.4. The molecule has 0 bridgehead atoms. The molecule has 50 heavy (non-hydrogen) atoms. The van der Waals surface area contributed by atoms with E-state index in [2.05, 4.69) is 52.8 Å². The molecule has 0 spiro atoms. The summed E-state index contributed by atoms with van der Waals surface area (Å²) >= 11 is 1.72. The summed E-state index contributed by atoms with van der Waals surface area (Å²) in [5.74, 6) is -2.42. The number of imidazole rings is 1. The lowest BCUT2D eigenvalue weighted by Crippen LogP contribution is -2.27. The number of fused-ring (bicyclic) bond motifs is 1. The number of thioether (sulfide) groups is 1. The zero-order chi connectivity index (χ0) is 37.9. The molecule has 4 aromatic rings. The zero-order valence-corrected chi connectivity index (χ0v) is 27.0. The number of nitro groups is 6. The third-order valence-corrected chi connectivity index (χ3v) is 7.33. The highest BCUT2D eigenvalue weighted by atomic mass is 32.2. The van der Waals surface area contributed by atoms with Crippen molar-refractivity contribution in [3.8, 4) is 11.5 Å². The van der Waals surface area contributed by atoms with E-state index in [9.17, 15) is 60.7 Å². The fourth-order valence-electron chi connectivity index (χ4n) is 4.15. The minimum atomic E-state index is -1.21. The van der Waals surface area contributed by atoms with Crippen LogP contribution in [0.4, 0.5) is 34.1 Å². The lowest BCUT2D eigenvalue weighted by molar-refractivity contribution is -0.404. The Balaban J connectivity index is 0.000000261. The molecule has 0 aliphatic heterocycles. The number of likely N-dealkylation sites (N-methyl/N-ethyl adjacent to an activating group) is 1. The molecule has 1 aromatic heterocycles. The molecule has 0 saturated heterocycles. The van der Waals surface area contributed by atoms with Crippen molar-refractivity contribution in [2.24, 2.45) is 0 Å². The molecule has 23 nitrogen and oxygen atoms in total. The number of nitro benzene ring substituents is 6. The van der Waals surface area contributed by atoms with Crippen LogP contribution in [0.2, 0.25) is 0 Å². The molecule has 0 radical (unpaired) electrons. The minimum absolute atomic E-state index is 0.447. The van der Waals surface area contributed by atoms with Crippen molar-refractivity contribution in [3.05, 3.63) is 109 Å². The second-order valence-corrected chi connectivity index (χ2v) is 10.2. The van der Waals surface area contributed by atoms with E-state index in [1.807, 2.05) is 6.07 Å². The van der Waals surface area contributed by atoms with E-state index in [4.69, 9.17) is 10.2 Å². The van der Waals surface area contributed by atoms with E-state index >= 15 is 0 Å². The van der Waals surface area contributed by atoms with E-state index in [1.165, 1.54) is 5.52 Å². The first kappa shape index (κ1) is 39.6. The first-order valence-electron chi connectivity index (χ1n) is 13.8. The Labute approximate surface area is 283 Å². The maximum Gasteiger partial charge on any atom is 0.324 e. The SMILES string of the molecule is CCN(CC)CCn1c(SC)nc2ccccc21.O=[N+]([O-])c1cc([N+](=O)[O-])c(O)c([N+](=O)[O-])c1.O=[N+]([O-])c1cc([N+](=O)[O-])c(O)c([N+](=O)[O-])c1. The second-order valence-electron chi connectivity index (χ2n) is 9.47. The number of phenols is 2. The fraction of sp³-hybridized carbons (Fsp3) is 0.269. The number of phenolic OH excluding ortho intramolecular Hbond substituents is 2. The molecule has 0 fully saturated rings. The summed E-state index contributed by atoms with van der Waals surface area (Å²) in [5.41, 5.74) is -3.66. The number of hydrogen-bond donors (Lipinski definition) is 2. The van der Waals surface area contributed by atoms with Crippen LogP contribution in [0.1, 0.15) is 13.8 Å². The summed E-state index contributed by atoms with van der Waals surface area (Å²) in [7, 11) is 0. The molecule has 0 aliphatic carbocycles. The predicted molar refractivity (Wildman–Crippen MR) is 175 cm³/mol. The lowest BCUT2D eigenvalue weighted by Gasteiger charge is -2.19. The molecule has 2 N–H and O–H groups in total. The van der Waals surface area contributed by atoms with Crippen LogP contribution in [-0.2, 0) is 6.54 Å². The third-order valence-electron chi connectivity index (χ3n) is 6.65. The maximum absolute atomic E-state index is 10.4. The van der Waals surface area contributed by atoms with Gasteiger partial charge in [0.15, 0.2) is 5.16 Å². The molecule has 0 amide bonds. The second kappa shape index (κ2) is 17.6. The van der Waals surface area contributed by atoms with Gasteiger partial charge in [-0.1, -0.05) is 37.7 Å². The van der Waals surface area contributed by atoms with Gasteiger partial charge in [-0.2, -0.15) is 0 Å². The molecule has 0 saturated carbocycles. The van der Waals surface area contributed by atoms with Gasteiger partial charge >= 0.3 is 22.7 Å². The highest BCUT2D eigenvalue weighted by molar-refractivity contribution is 7.98. The number of hydrogen-bond acceptors (Lipinski definition) is 17. The van der Waals surface area contributed by atoms with Crippen molar-refractivity contribution in [3.63, 3.8) is 0 Å². The van der Waals surface area contributed by atoms with Gasteiger partial charge in [-0.25, -0.2) is 4.98 Å². The van der Waals surface area contributed by atoms with Crippen LogP contribution in [-0.4, -0.2) is 80.1 Å². The van der Waals surface area contributed by atoms with Crippen molar-refractivity contribution in [1.82, 2.24) is 14.5 Å². The number of benzene rings is 3. The number of rotatable bonds is 12. The number of nitrogens with zero attached hydrogens (tertiary/aromatic N) is 9. The van der Waals surface area contributed by atoms with Crippen molar-refractivity contribution in [2.75, 3.05) is 25.9 Å². The minimum Gasteiger partial charge on any atom is -0.497 e. The molecule has 0 atom stereocenters. The summed E-state index contributed by atoms with van der Waals surface area (Å²) in [6, 6.07) is 10.2. The molecule has 0 unspecified atom stereocenters. The molecule has 4 rings (SSSR count). The first-order valence-corrected chi connectivity index (χ1v) is 15.0. The molecular weight excluding hydrogens is 694 g/mol. The van der Waals surface area contributed by atoms with Gasteiger partial charge in [0.25, 0.3) is 22.9 Å². The molecule has 3 aromatic carbocycles. The molecule has 24 heteroatoms. The van der Waals surface area contributed by atoms with Crippen LogP contribution in [0.25, 0.3) is 11.0 Å². The van der Waals surface area contributed by atoms with Crippen LogP contribution >= 0.6 is 11.8 Å². The Bertz CT molecular complexity index is 1790. The van der Waals surface area contributed by atoms with Gasteiger partial charge in [0.05, 0.1) is 64.8 Å². The molecule has 0 aliphatic rings. The van der Waals surface area contributed by atoms with Crippen LogP contribution < -0.4 is 0 Å². The predicted octanol–water partition coefficient (Wildman–Crippen LogP) is 5.33. The molecule has 1 heterocycles. The summed E-state index contributed by atoms with van der Waals surface area (Å²) in [4.78, 5) is 62.6. The van der Waals surface area contributed by atoms with Gasteiger partial charge in [-0.15, -0.1) is 0 Å². The Morgan fingerprint density at radius 3 is 1.38 bits per heavy atom. The number of para-hydroxylation sites is 2. The highest BCUT2D eigenvalue weighted by Crippen LogP contribution is 2.40. The summed E-state index contributed by atoms with van der Waals surface area (Å²) in [6.45, 7) is 8.74. The van der Waals surface area contributed by atoms with E-state index in [0.717, 1.165) is 36.9 Å². The van der Waals surface area contributed by atoms with E-state index < -0.39 is 75.2 Å². The van der Waals surface area contributed by atoms with Crippen molar-refractivity contribution >= 4 is 56.9 Å². The van der Waals surface area contributed by atoms with Crippen molar-refractivity contribution in [1.29, 1.82) is 0 Å². The first-order chi connectivity index (χ1) is 23.5. The quantitative estimate of drug-likeness (QED) is 0.106. The Morgan fingerprint density at radius 1 is 0.680 bits per heavy atom. The lowest BCUT2D eigenvalue weighted by atomic mass is 10.2. The van der Waals surface area contributed by atoms with Crippen molar-refractivity contribution in [2.45, 2.75) is 25.5 Å². The largest absolute Gasteiger partial charge is 0.497 e. The van der Waals surface area contributed by atoms with Gasteiger partial charge in [-0.3, -0.25) is 60.7 Å². The van der Waals surface area contributed by atoms with Gasteiger partial charge < -0.3 is 19.7 Å². The average Bonchev–Trinajstić information content (AvgIpc) is 3.42. The van der Waals surface area contributed by atoms with Crippen LogP contribution in [0, 0.1) is 60.7 Å². The monoisotopic (exact) mass is 721 g/mol. The zero-order valence-electron chi connectivity index (χ0n) is 26.2. The summed E-state index contributed by atoms with van der Waals surface area (Å²) < 4.78 is 2.33. The van der Waals surface area contributed by atoms with Crippen LogP contribution in [0.3, 0.4) is 0 Å². The smallest absolute Gasteiger partial charge is 0.324 e. The van der Waals surface area contributed by atoms with E-state index in [1.54, 1.807) is 11.8 Å². The normalized spacial score (nSPS) is 10.4. The highest BCUT2D eigenvalue weighted by Gasteiger charge is 2.31. The standard InChI is InChI=1S/C14H21N3S.2C6H3N3O7/c1-4-16(5-2)10-11-17-13-9-7-6-8-12(13)15-14(17)18-3;2*10-6-4(8(13)14)1-3(7(11)12)2-5(6)9(15)16/h6-9H,4-5,10-11H2,1-3H3;2*1-2,10H. The number of non-ortho nitro benzene ring substituents is 2. The average molecular weight is 722 g/mol. The van der Waals surface area contributed by atoms with Crippen molar-refractivity contribution < 1.29 is 39.8 Å². The number of aromatic nitrogens is 2. The third kappa shape index (κ3) is 9.73. The summed E-state index contributed by atoms with van der Waals surface area (Å²) in [5, 5.41) is 81.5. The van der Waals surface area contributed by atoms with Crippen LogP contribution in [0.15, 0.2) is 53.7 Å². The van der Waals surface area contributed by atoms with Gasteiger partial charge in [0, 0.05) is 13.1 Å². The van der Waals surface area contributed by atoms with E-state index in [-0.39, 0.29) is 0 Å². The molecule has 266 valence electrons. The number of aromatic hydroxyl groups is 2. The van der Waals surface area contributed by atoms with Crippen LogP contribution in [0.5, 0.6) is 11.5 Å². The van der Waals surface area contributed by atoms with Gasteiger partial charge in [-0.05, 0) is 31.5 Å². The van der Waals surface area contributed by atoms with Gasteiger partial charge in [0.2, 0.25) is 0 Å². The van der Waals surface area contributed by atoms with E-state index in [0.29, 0.717) is 24.3 Å². The molecular formula is C26H27N9O14S. The Morgan fingerprint density at radius 2 is 1.06 bits per heavy atom. The summed E-state index contributed by atoms with van der Waals surface area (Å²) in [6.07, 6.45) is 2.09.